The normalized spacial score (nSPS) is 11.2. The molecule has 1 amide bonds. The van der Waals surface area contributed by atoms with Gasteiger partial charge in [-0.1, -0.05) is 29.8 Å². The molecule has 4 rings (SSSR count). The number of nitrogens with one attached hydrogen (secondary N) is 2. The van der Waals surface area contributed by atoms with Crippen LogP contribution in [0.25, 0.3) is 21.9 Å². The van der Waals surface area contributed by atoms with Gasteiger partial charge >= 0.3 is 0 Å². The van der Waals surface area contributed by atoms with Gasteiger partial charge in [-0.25, -0.2) is 4.98 Å². The fourth-order valence-electron chi connectivity index (χ4n) is 2.96. The van der Waals surface area contributed by atoms with Gasteiger partial charge in [-0.2, -0.15) is 0 Å². The van der Waals surface area contributed by atoms with Gasteiger partial charge in [0, 0.05) is 35.1 Å². The molecule has 2 N–H and O–H groups in total. The number of carbonyl (C=O) groups is 1. The van der Waals surface area contributed by atoms with Crippen LogP contribution in [0.1, 0.15) is 12.2 Å². The molecule has 0 unspecified atom stereocenters. The van der Waals surface area contributed by atoms with Gasteiger partial charge in [0.2, 0.25) is 5.91 Å². The average molecular weight is 353 g/mol. The molecule has 0 aliphatic heterocycles. The number of halogens is 1. The first-order valence-electron chi connectivity index (χ1n) is 8.14. The lowest BCUT2D eigenvalue weighted by Crippen LogP contribution is -2.24. The Morgan fingerprint density at radius 3 is 2.92 bits per heavy atom. The minimum absolute atomic E-state index is 0.00988. The molecule has 5 nitrogen and oxygen atoms in total. The van der Waals surface area contributed by atoms with Crippen LogP contribution in [0.4, 0.5) is 0 Å². The second-order valence-corrected chi connectivity index (χ2v) is 6.32. The van der Waals surface area contributed by atoms with Crippen LogP contribution < -0.4 is 5.32 Å². The third kappa shape index (κ3) is 3.23. The molecule has 0 aliphatic carbocycles. The van der Waals surface area contributed by atoms with Crippen molar-refractivity contribution in [1.82, 2.24) is 19.9 Å². The lowest BCUT2D eigenvalue weighted by atomic mass is 10.2. The zero-order chi connectivity index (χ0) is 17.2. The number of H-pyrrole nitrogens is 1. The maximum absolute atomic E-state index is 12.1. The molecule has 0 aliphatic rings. The van der Waals surface area contributed by atoms with Gasteiger partial charge in [-0.05, 0) is 30.3 Å². The number of imidazole rings is 1. The highest BCUT2D eigenvalue weighted by Gasteiger charge is 2.08. The molecule has 0 fully saturated rings. The van der Waals surface area contributed by atoms with Crippen molar-refractivity contribution >= 4 is 39.4 Å². The minimum atomic E-state index is -0.00988. The molecule has 0 bridgehead atoms. The molecule has 0 radical (unpaired) electrons. The summed E-state index contributed by atoms with van der Waals surface area (Å²) in [6.07, 6.45) is 2.36. The Bertz CT molecular complexity index is 1020. The number of hydrogen-bond acceptors (Lipinski definition) is 2. The summed E-state index contributed by atoms with van der Waals surface area (Å²) >= 11 is 6.18. The summed E-state index contributed by atoms with van der Waals surface area (Å²) in [7, 11) is 0. The monoisotopic (exact) mass is 352 g/mol. The topological polar surface area (TPSA) is 62.7 Å². The van der Waals surface area contributed by atoms with Crippen LogP contribution in [0.5, 0.6) is 0 Å². The molecule has 0 atom stereocenters. The van der Waals surface area contributed by atoms with E-state index in [1.807, 2.05) is 59.3 Å². The van der Waals surface area contributed by atoms with E-state index in [0.29, 0.717) is 19.5 Å². The molecular formula is C19H17ClN4O. The minimum Gasteiger partial charge on any atom is -0.349 e. The average Bonchev–Trinajstić information content (AvgIpc) is 3.22. The smallest absolute Gasteiger partial charge is 0.222 e. The van der Waals surface area contributed by atoms with Crippen LogP contribution in [0, 0.1) is 0 Å². The Morgan fingerprint density at radius 2 is 2.04 bits per heavy atom. The van der Waals surface area contributed by atoms with E-state index in [4.69, 9.17) is 11.6 Å². The number of benzene rings is 2. The number of para-hydroxylation sites is 2. The fourth-order valence-corrected chi connectivity index (χ4v) is 3.20. The highest BCUT2D eigenvalue weighted by Crippen LogP contribution is 2.24. The first-order chi connectivity index (χ1) is 12.2. The predicted molar refractivity (Wildman–Crippen MR) is 99.5 cm³/mol. The van der Waals surface area contributed by atoms with Crippen LogP contribution in [0.3, 0.4) is 0 Å². The lowest BCUT2D eigenvalue weighted by Gasteiger charge is -2.06. The van der Waals surface area contributed by atoms with Crippen LogP contribution >= 0.6 is 11.6 Å². The predicted octanol–water partition coefficient (Wildman–Crippen LogP) is 3.88. The standard InChI is InChI=1S/C19H17ClN4O/c20-14-4-3-7-17-13(14)8-10-24(17)11-9-19(25)21-12-18-22-15-5-1-2-6-16(15)23-18/h1-8,10H,9,11-12H2,(H,21,25)(H,22,23). The summed E-state index contributed by atoms with van der Waals surface area (Å²) in [6.45, 7) is 1.00. The molecule has 0 saturated carbocycles. The molecule has 0 saturated heterocycles. The number of aromatic amines is 1. The first-order valence-corrected chi connectivity index (χ1v) is 8.52. The van der Waals surface area contributed by atoms with Gasteiger partial charge < -0.3 is 14.9 Å². The largest absolute Gasteiger partial charge is 0.349 e. The van der Waals surface area contributed by atoms with E-state index < -0.39 is 0 Å². The van der Waals surface area contributed by atoms with Gasteiger partial charge in [0.05, 0.1) is 17.6 Å². The van der Waals surface area contributed by atoms with E-state index in [2.05, 4.69) is 15.3 Å². The quantitative estimate of drug-likeness (QED) is 0.572. The van der Waals surface area contributed by atoms with Gasteiger partial charge in [0.15, 0.2) is 0 Å². The van der Waals surface area contributed by atoms with Crippen molar-refractivity contribution in [2.45, 2.75) is 19.5 Å². The summed E-state index contributed by atoms with van der Waals surface area (Å²) in [5.41, 5.74) is 2.92. The van der Waals surface area contributed by atoms with Gasteiger partial charge in [0.1, 0.15) is 5.82 Å². The molecule has 4 aromatic rings. The Kier molecular flexibility index (Phi) is 4.15. The summed E-state index contributed by atoms with van der Waals surface area (Å²) in [5.74, 6) is 0.747. The van der Waals surface area contributed by atoms with Gasteiger partial charge in [-0.15, -0.1) is 0 Å². The molecular weight excluding hydrogens is 336 g/mol. The molecule has 2 aromatic carbocycles. The van der Waals surface area contributed by atoms with E-state index >= 15 is 0 Å². The lowest BCUT2D eigenvalue weighted by molar-refractivity contribution is -0.121. The Morgan fingerprint density at radius 1 is 1.16 bits per heavy atom. The summed E-state index contributed by atoms with van der Waals surface area (Å²) in [4.78, 5) is 19.8. The third-order valence-electron chi connectivity index (χ3n) is 4.23. The molecule has 25 heavy (non-hydrogen) atoms. The Labute approximate surface area is 149 Å². The molecule has 0 spiro atoms. The number of rotatable bonds is 5. The Hall–Kier alpha value is -2.79. The van der Waals surface area contributed by atoms with Crippen molar-refractivity contribution in [2.75, 3.05) is 0 Å². The second kappa shape index (κ2) is 6.61. The SMILES string of the molecule is O=C(CCn1ccc2c(Cl)cccc21)NCc1nc2ccccc2[nH]1. The van der Waals surface area contributed by atoms with E-state index in [1.54, 1.807) is 0 Å². The molecule has 2 heterocycles. The zero-order valence-corrected chi connectivity index (χ0v) is 14.3. The number of aryl methyl sites for hydroxylation is 1. The summed E-state index contributed by atoms with van der Waals surface area (Å²) < 4.78 is 2.04. The van der Waals surface area contributed by atoms with Crippen LogP contribution in [-0.4, -0.2) is 20.4 Å². The van der Waals surface area contributed by atoms with E-state index in [1.165, 1.54) is 0 Å². The Balaban J connectivity index is 1.36. The fraction of sp³-hybridized carbons (Fsp3) is 0.158. The van der Waals surface area contributed by atoms with E-state index in [-0.39, 0.29) is 5.91 Å². The van der Waals surface area contributed by atoms with E-state index in [9.17, 15) is 4.79 Å². The highest BCUT2D eigenvalue weighted by molar-refractivity contribution is 6.35. The molecule has 6 heteroatoms. The van der Waals surface area contributed by atoms with Gasteiger partial charge in [-0.3, -0.25) is 4.79 Å². The molecule has 2 aromatic heterocycles. The van der Waals surface area contributed by atoms with Crippen LogP contribution in [-0.2, 0) is 17.9 Å². The molecule has 126 valence electrons. The van der Waals surface area contributed by atoms with Crippen molar-refractivity contribution in [3.8, 4) is 0 Å². The van der Waals surface area contributed by atoms with Crippen LogP contribution in [0.2, 0.25) is 5.02 Å². The maximum Gasteiger partial charge on any atom is 0.222 e. The summed E-state index contributed by atoms with van der Waals surface area (Å²) in [6, 6.07) is 15.6. The van der Waals surface area contributed by atoms with E-state index in [0.717, 1.165) is 32.8 Å². The van der Waals surface area contributed by atoms with Gasteiger partial charge in [0.25, 0.3) is 0 Å². The zero-order valence-electron chi connectivity index (χ0n) is 13.5. The second-order valence-electron chi connectivity index (χ2n) is 5.91. The van der Waals surface area contributed by atoms with Crippen molar-refractivity contribution in [1.29, 1.82) is 0 Å². The van der Waals surface area contributed by atoms with Crippen molar-refractivity contribution in [3.63, 3.8) is 0 Å². The van der Waals surface area contributed by atoms with Crippen molar-refractivity contribution < 1.29 is 4.79 Å². The first kappa shape index (κ1) is 15.7. The van der Waals surface area contributed by atoms with Crippen molar-refractivity contribution in [2.24, 2.45) is 0 Å². The number of hydrogen-bond donors (Lipinski definition) is 2. The number of aromatic nitrogens is 3. The number of carbonyl (C=O) groups excluding carboxylic acids is 1. The summed E-state index contributed by atoms with van der Waals surface area (Å²) in [5, 5.41) is 4.64. The third-order valence-corrected chi connectivity index (χ3v) is 4.56. The maximum atomic E-state index is 12.1. The van der Waals surface area contributed by atoms with Crippen molar-refractivity contribution in [3.05, 3.63) is 65.6 Å². The number of amides is 1. The number of nitrogens with zero attached hydrogens (tertiary/aromatic N) is 2. The van der Waals surface area contributed by atoms with Crippen LogP contribution in [0.15, 0.2) is 54.7 Å². The highest BCUT2D eigenvalue weighted by atomic mass is 35.5. The number of fused-ring (bicyclic) bond motifs is 2.